The zero-order chi connectivity index (χ0) is 16.7. The molecule has 0 aliphatic carbocycles. The molecular weight excluding hydrogens is 297 g/mol. The highest BCUT2D eigenvalue weighted by Crippen LogP contribution is 2.14. The maximum Gasteiger partial charge on any atom is 0.251 e. The van der Waals surface area contributed by atoms with Crippen LogP contribution in [0, 0.1) is 18.2 Å². The molecule has 0 heterocycles. The van der Waals surface area contributed by atoms with E-state index < -0.39 is 6.10 Å². The Kier molecular flexibility index (Phi) is 5.73. The summed E-state index contributed by atoms with van der Waals surface area (Å²) in [7, 11) is 0. The molecule has 0 saturated carbocycles. The number of terminal acetylenes is 1. The number of carbonyl (C=O) groups excluding carboxylic acids is 1. The van der Waals surface area contributed by atoms with Gasteiger partial charge >= 0.3 is 0 Å². The van der Waals surface area contributed by atoms with E-state index in [1.54, 1.807) is 24.3 Å². The molecule has 118 valence electrons. The van der Waals surface area contributed by atoms with Crippen LogP contribution >= 0.6 is 0 Å². The molecule has 2 aromatic rings. The highest BCUT2D eigenvalue weighted by molar-refractivity contribution is 5.94. The second kappa shape index (κ2) is 7.97. The number of benzene rings is 2. The van der Waals surface area contributed by atoms with Crippen LogP contribution in [-0.4, -0.2) is 24.2 Å². The van der Waals surface area contributed by atoms with Crippen LogP contribution in [0.25, 0.3) is 0 Å². The fourth-order valence-electron chi connectivity index (χ4n) is 1.92. The molecule has 0 fully saturated rings. The summed E-state index contributed by atoms with van der Waals surface area (Å²) in [6.45, 7) is 0.190. The zero-order valence-corrected chi connectivity index (χ0v) is 12.3. The van der Waals surface area contributed by atoms with Gasteiger partial charge < -0.3 is 15.2 Å². The third-order valence-corrected chi connectivity index (χ3v) is 3.15. The smallest absolute Gasteiger partial charge is 0.251 e. The summed E-state index contributed by atoms with van der Waals surface area (Å²) in [5, 5.41) is 12.6. The first-order valence-corrected chi connectivity index (χ1v) is 6.98. The molecule has 5 heteroatoms. The average Bonchev–Trinajstić information content (AvgIpc) is 2.58. The first-order valence-electron chi connectivity index (χ1n) is 6.98. The van der Waals surface area contributed by atoms with E-state index >= 15 is 0 Å². The van der Waals surface area contributed by atoms with E-state index in [0.717, 1.165) is 0 Å². The standard InChI is InChI=1S/C18H16FNO3/c1-2-11-23-16-9-5-14(6-10-16)18(22)20-12-17(21)13-3-7-15(19)8-4-13/h1,3-10,17,21H,11-12H2,(H,20,22). The fourth-order valence-corrected chi connectivity index (χ4v) is 1.92. The summed E-state index contributed by atoms with van der Waals surface area (Å²) in [6.07, 6.45) is 4.19. The summed E-state index contributed by atoms with van der Waals surface area (Å²) >= 11 is 0. The largest absolute Gasteiger partial charge is 0.481 e. The lowest BCUT2D eigenvalue weighted by Crippen LogP contribution is -2.28. The fraction of sp³-hybridized carbons (Fsp3) is 0.167. The van der Waals surface area contributed by atoms with Crippen LogP contribution in [-0.2, 0) is 0 Å². The number of aliphatic hydroxyl groups excluding tert-OH is 1. The highest BCUT2D eigenvalue weighted by atomic mass is 19.1. The van der Waals surface area contributed by atoms with Crippen LogP contribution in [0.3, 0.4) is 0 Å². The van der Waals surface area contributed by atoms with E-state index in [9.17, 15) is 14.3 Å². The third-order valence-electron chi connectivity index (χ3n) is 3.15. The number of hydrogen-bond acceptors (Lipinski definition) is 3. The van der Waals surface area contributed by atoms with Crippen molar-refractivity contribution in [2.24, 2.45) is 0 Å². The Hall–Kier alpha value is -2.84. The third kappa shape index (κ3) is 4.83. The van der Waals surface area contributed by atoms with Crippen molar-refractivity contribution in [3.63, 3.8) is 0 Å². The lowest BCUT2D eigenvalue weighted by molar-refractivity contribution is 0.0916. The molecule has 1 amide bonds. The summed E-state index contributed by atoms with van der Waals surface area (Å²) in [6, 6.07) is 12.0. The van der Waals surface area contributed by atoms with Crippen molar-refractivity contribution in [1.82, 2.24) is 5.32 Å². The van der Waals surface area contributed by atoms with Gasteiger partial charge in [-0.15, -0.1) is 6.42 Å². The van der Waals surface area contributed by atoms with Gasteiger partial charge in [0.15, 0.2) is 0 Å². The molecule has 23 heavy (non-hydrogen) atoms. The van der Waals surface area contributed by atoms with Gasteiger partial charge in [0, 0.05) is 12.1 Å². The predicted octanol–water partition coefficient (Wildman–Crippen LogP) is 2.30. The normalized spacial score (nSPS) is 11.3. The quantitative estimate of drug-likeness (QED) is 0.805. The van der Waals surface area contributed by atoms with Gasteiger partial charge in [-0.2, -0.15) is 0 Å². The Bertz CT molecular complexity index is 690. The van der Waals surface area contributed by atoms with E-state index in [-0.39, 0.29) is 24.9 Å². The number of aliphatic hydroxyl groups is 1. The van der Waals surface area contributed by atoms with Crippen molar-refractivity contribution in [3.05, 3.63) is 65.5 Å². The van der Waals surface area contributed by atoms with Crippen LogP contribution in [0.5, 0.6) is 5.75 Å². The number of rotatable bonds is 6. The Labute approximate surface area is 133 Å². The Morgan fingerprint density at radius 2 is 1.87 bits per heavy atom. The monoisotopic (exact) mass is 313 g/mol. The highest BCUT2D eigenvalue weighted by Gasteiger charge is 2.11. The van der Waals surface area contributed by atoms with Gasteiger partial charge in [0.2, 0.25) is 0 Å². The van der Waals surface area contributed by atoms with Gasteiger partial charge in [-0.1, -0.05) is 18.1 Å². The van der Waals surface area contributed by atoms with E-state index in [0.29, 0.717) is 16.9 Å². The molecule has 4 nitrogen and oxygen atoms in total. The van der Waals surface area contributed by atoms with Crippen molar-refractivity contribution < 1.29 is 19.0 Å². The molecule has 1 atom stereocenters. The average molecular weight is 313 g/mol. The number of carbonyl (C=O) groups is 1. The zero-order valence-electron chi connectivity index (χ0n) is 12.3. The molecule has 0 aromatic heterocycles. The molecule has 0 aliphatic rings. The SMILES string of the molecule is C#CCOc1ccc(C(=O)NCC(O)c2ccc(F)cc2)cc1. The van der Waals surface area contributed by atoms with E-state index in [1.165, 1.54) is 24.3 Å². The molecule has 2 rings (SSSR count). The molecule has 0 spiro atoms. The lowest BCUT2D eigenvalue weighted by Gasteiger charge is -2.12. The van der Waals surface area contributed by atoms with Crippen molar-refractivity contribution >= 4 is 5.91 Å². The van der Waals surface area contributed by atoms with E-state index in [1.807, 2.05) is 0 Å². The molecule has 0 radical (unpaired) electrons. The molecule has 2 N–H and O–H groups in total. The molecule has 0 bridgehead atoms. The summed E-state index contributed by atoms with van der Waals surface area (Å²) in [4.78, 5) is 12.0. The number of nitrogens with one attached hydrogen (secondary N) is 1. The topological polar surface area (TPSA) is 58.6 Å². The van der Waals surface area contributed by atoms with Crippen molar-refractivity contribution in [2.75, 3.05) is 13.2 Å². The first kappa shape index (κ1) is 16.5. The first-order chi connectivity index (χ1) is 11.1. The van der Waals surface area contributed by atoms with Crippen LogP contribution < -0.4 is 10.1 Å². The summed E-state index contributed by atoms with van der Waals surface area (Å²) < 4.78 is 18.0. The minimum atomic E-state index is -0.905. The minimum absolute atomic E-state index is 0.0276. The minimum Gasteiger partial charge on any atom is -0.481 e. The lowest BCUT2D eigenvalue weighted by atomic mass is 10.1. The van der Waals surface area contributed by atoms with Crippen LogP contribution in [0.2, 0.25) is 0 Å². The number of ether oxygens (including phenoxy) is 1. The van der Waals surface area contributed by atoms with Crippen LogP contribution in [0.15, 0.2) is 48.5 Å². The number of amides is 1. The Balaban J connectivity index is 1.89. The Morgan fingerprint density at radius 1 is 1.22 bits per heavy atom. The van der Waals surface area contributed by atoms with Crippen LogP contribution in [0.4, 0.5) is 4.39 Å². The molecule has 0 saturated heterocycles. The summed E-state index contributed by atoms with van der Waals surface area (Å²) in [5.74, 6) is 2.23. The second-order valence-electron chi connectivity index (χ2n) is 4.79. The van der Waals surface area contributed by atoms with Crippen molar-refractivity contribution in [3.8, 4) is 18.1 Å². The molecule has 0 aliphatic heterocycles. The maximum atomic E-state index is 12.8. The van der Waals surface area contributed by atoms with Gasteiger partial charge in [-0.05, 0) is 42.0 Å². The van der Waals surface area contributed by atoms with Gasteiger partial charge in [-0.25, -0.2) is 4.39 Å². The number of halogens is 1. The van der Waals surface area contributed by atoms with Crippen LogP contribution in [0.1, 0.15) is 22.0 Å². The predicted molar refractivity (Wildman–Crippen MR) is 84.5 cm³/mol. The van der Waals surface area contributed by atoms with E-state index in [4.69, 9.17) is 11.2 Å². The van der Waals surface area contributed by atoms with Gasteiger partial charge in [-0.3, -0.25) is 4.79 Å². The van der Waals surface area contributed by atoms with Crippen molar-refractivity contribution in [1.29, 1.82) is 0 Å². The van der Waals surface area contributed by atoms with Gasteiger partial charge in [0.05, 0.1) is 6.10 Å². The van der Waals surface area contributed by atoms with E-state index in [2.05, 4.69) is 11.2 Å². The number of hydrogen-bond donors (Lipinski definition) is 2. The van der Waals surface area contributed by atoms with Gasteiger partial charge in [0.1, 0.15) is 18.2 Å². The van der Waals surface area contributed by atoms with Crippen molar-refractivity contribution in [2.45, 2.75) is 6.10 Å². The van der Waals surface area contributed by atoms with Gasteiger partial charge in [0.25, 0.3) is 5.91 Å². The molecular formula is C18H16FNO3. The second-order valence-corrected chi connectivity index (χ2v) is 4.79. The molecule has 2 aromatic carbocycles. The maximum absolute atomic E-state index is 12.8. The Morgan fingerprint density at radius 3 is 2.48 bits per heavy atom. The summed E-state index contributed by atoms with van der Waals surface area (Å²) in [5.41, 5.74) is 0.967. The molecule has 1 unspecified atom stereocenters.